The van der Waals surface area contributed by atoms with Crippen LogP contribution in [0.3, 0.4) is 0 Å². The molecule has 2 aromatic rings. The van der Waals surface area contributed by atoms with Crippen molar-refractivity contribution in [2.24, 2.45) is 11.8 Å². The number of carbonyl (C=O) groups excluding carboxylic acids is 1. The van der Waals surface area contributed by atoms with Gasteiger partial charge >= 0.3 is 0 Å². The zero-order chi connectivity index (χ0) is 17.8. The van der Waals surface area contributed by atoms with E-state index in [9.17, 15) is 4.79 Å². The summed E-state index contributed by atoms with van der Waals surface area (Å²) in [6.07, 6.45) is 7.79. The van der Waals surface area contributed by atoms with Crippen LogP contribution in [0.2, 0.25) is 0 Å². The molecule has 2 heterocycles. The van der Waals surface area contributed by atoms with E-state index in [2.05, 4.69) is 34.5 Å². The predicted octanol–water partition coefficient (Wildman–Crippen LogP) is 2.98. The van der Waals surface area contributed by atoms with Crippen molar-refractivity contribution in [3.05, 3.63) is 59.9 Å². The number of hydrogen-bond donors (Lipinski definition) is 0. The molecule has 1 aromatic heterocycles. The molecule has 4 rings (SSSR count). The number of amides is 1. The average molecular weight is 351 g/mol. The van der Waals surface area contributed by atoms with Crippen molar-refractivity contribution in [3.63, 3.8) is 0 Å². The van der Waals surface area contributed by atoms with Crippen LogP contribution in [0.5, 0.6) is 0 Å². The number of hydrogen-bond acceptors (Lipinski definition) is 4. The van der Waals surface area contributed by atoms with Crippen molar-refractivity contribution in [1.29, 1.82) is 0 Å². The summed E-state index contributed by atoms with van der Waals surface area (Å²) in [4.78, 5) is 14.7. The van der Waals surface area contributed by atoms with Gasteiger partial charge in [0.25, 0.3) is 5.91 Å². The molecule has 1 amide bonds. The van der Waals surface area contributed by atoms with Gasteiger partial charge in [-0.1, -0.05) is 30.3 Å². The summed E-state index contributed by atoms with van der Waals surface area (Å²) >= 11 is 0. The Kier molecular flexibility index (Phi) is 5.25. The van der Waals surface area contributed by atoms with Gasteiger partial charge in [0, 0.05) is 25.6 Å². The molecular weight excluding hydrogens is 326 g/mol. The molecule has 1 saturated heterocycles. The van der Waals surface area contributed by atoms with Crippen LogP contribution in [-0.2, 0) is 11.2 Å². The number of carbonyl (C=O) groups is 1. The Bertz CT molecular complexity index is 719. The second-order valence-electron chi connectivity index (χ2n) is 7.44. The Balaban J connectivity index is 1.45. The second kappa shape index (κ2) is 7.96. The first-order valence-electron chi connectivity index (χ1n) is 9.51. The van der Waals surface area contributed by atoms with Gasteiger partial charge < -0.3 is 9.64 Å². The lowest BCUT2D eigenvalue weighted by Gasteiger charge is -2.38. The van der Waals surface area contributed by atoms with E-state index in [1.54, 1.807) is 18.5 Å². The van der Waals surface area contributed by atoms with Crippen LogP contribution in [-0.4, -0.2) is 46.8 Å². The standard InChI is InChI=1S/C21H25N3O2/c25-21(18-8-10-22-23-13-18)24-11-9-20(26-15-17-6-7-17)19(14-24)12-16-4-2-1-3-5-16/h1-5,8,10,13,17,19-20H,6-7,9,11-12,14-15H2/t19-,20+/m1/s1. The number of ether oxygens (including phenoxy) is 1. The van der Waals surface area contributed by atoms with Crippen molar-refractivity contribution in [3.8, 4) is 0 Å². The third kappa shape index (κ3) is 4.28. The number of aromatic nitrogens is 2. The normalized spacial score (nSPS) is 23.0. The molecule has 0 N–H and O–H groups in total. The molecule has 2 atom stereocenters. The highest BCUT2D eigenvalue weighted by atomic mass is 16.5. The summed E-state index contributed by atoms with van der Waals surface area (Å²) in [5, 5.41) is 7.60. The van der Waals surface area contributed by atoms with Gasteiger partial charge in [0.1, 0.15) is 0 Å². The van der Waals surface area contributed by atoms with E-state index < -0.39 is 0 Å². The van der Waals surface area contributed by atoms with Crippen molar-refractivity contribution in [2.45, 2.75) is 31.8 Å². The van der Waals surface area contributed by atoms with E-state index in [-0.39, 0.29) is 12.0 Å². The van der Waals surface area contributed by atoms with Crippen LogP contribution >= 0.6 is 0 Å². The molecule has 1 aliphatic carbocycles. The fourth-order valence-corrected chi connectivity index (χ4v) is 3.67. The van der Waals surface area contributed by atoms with Gasteiger partial charge in [-0.3, -0.25) is 4.79 Å². The molecule has 0 spiro atoms. The van der Waals surface area contributed by atoms with Gasteiger partial charge in [0.05, 0.1) is 24.1 Å². The Morgan fingerprint density at radius 1 is 1.12 bits per heavy atom. The lowest BCUT2D eigenvalue weighted by atomic mass is 9.88. The Morgan fingerprint density at radius 3 is 2.69 bits per heavy atom. The maximum absolute atomic E-state index is 12.8. The number of nitrogens with zero attached hydrogens (tertiary/aromatic N) is 3. The highest BCUT2D eigenvalue weighted by Gasteiger charge is 2.34. The van der Waals surface area contributed by atoms with E-state index in [1.807, 2.05) is 11.0 Å². The zero-order valence-corrected chi connectivity index (χ0v) is 15.0. The maximum Gasteiger partial charge on any atom is 0.255 e. The topological polar surface area (TPSA) is 55.3 Å². The second-order valence-corrected chi connectivity index (χ2v) is 7.44. The Hall–Kier alpha value is -2.27. The molecule has 5 heteroatoms. The molecule has 26 heavy (non-hydrogen) atoms. The molecule has 0 radical (unpaired) electrons. The van der Waals surface area contributed by atoms with Gasteiger partial charge in [0.2, 0.25) is 0 Å². The Labute approximate surface area is 154 Å². The van der Waals surface area contributed by atoms with Crippen molar-refractivity contribution >= 4 is 5.91 Å². The lowest BCUT2D eigenvalue weighted by Crippen LogP contribution is -2.47. The largest absolute Gasteiger partial charge is 0.377 e. The summed E-state index contributed by atoms with van der Waals surface area (Å²) in [7, 11) is 0. The van der Waals surface area contributed by atoms with Crippen LogP contribution in [0.1, 0.15) is 35.2 Å². The quantitative estimate of drug-likeness (QED) is 0.803. The van der Waals surface area contributed by atoms with E-state index in [0.29, 0.717) is 11.5 Å². The van der Waals surface area contributed by atoms with Crippen molar-refractivity contribution < 1.29 is 9.53 Å². The molecule has 1 aliphatic heterocycles. The van der Waals surface area contributed by atoms with E-state index in [4.69, 9.17) is 4.74 Å². The average Bonchev–Trinajstić information content (AvgIpc) is 3.52. The minimum Gasteiger partial charge on any atom is -0.377 e. The minimum atomic E-state index is 0.0404. The van der Waals surface area contributed by atoms with E-state index >= 15 is 0 Å². The highest BCUT2D eigenvalue weighted by molar-refractivity contribution is 5.93. The van der Waals surface area contributed by atoms with Gasteiger partial charge in [-0.2, -0.15) is 10.2 Å². The van der Waals surface area contributed by atoms with Crippen molar-refractivity contribution in [1.82, 2.24) is 15.1 Å². The number of likely N-dealkylation sites (tertiary alicyclic amines) is 1. The van der Waals surface area contributed by atoms with Gasteiger partial charge in [-0.15, -0.1) is 0 Å². The van der Waals surface area contributed by atoms with Crippen LogP contribution < -0.4 is 0 Å². The smallest absolute Gasteiger partial charge is 0.255 e. The number of rotatable bonds is 6. The highest BCUT2D eigenvalue weighted by Crippen LogP contribution is 2.32. The van der Waals surface area contributed by atoms with Gasteiger partial charge in [-0.25, -0.2) is 0 Å². The third-order valence-electron chi connectivity index (χ3n) is 5.37. The van der Waals surface area contributed by atoms with Crippen LogP contribution in [0, 0.1) is 11.8 Å². The fourth-order valence-electron chi connectivity index (χ4n) is 3.67. The first-order chi connectivity index (χ1) is 12.8. The number of piperidine rings is 1. The summed E-state index contributed by atoms with van der Waals surface area (Å²) in [5.41, 5.74) is 1.91. The van der Waals surface area contributed by atoms with Gasteiger partial charge in [0.15, 0.2) is 0 Å². The summed E-state index contributed by atoms with van der Waals surface area (Å²) < 4.78 is 6.27. The maximum atomic E-state index is 12.8. The van der Waals surface area contributed by atoms with Crippen LogP contribution in [0.15, 0.2) is 48.8 Å². The molecule has 0 bridgehead atoms. The molecule has 5 nitrogen and oxygen atoms in total. The number of benzene rings is 1. The fraction of sp³-hybridized carbons (Fsp3) is 0.476. The SMILES string of the molecule is O=C(c1ccnnc1)N1CC[C@H](OCC2CC2)[C@H](Cc2ccccc2)C1. The Morgan fingerprint density at radius 2 is 1.96 bits per heavy atom. The van der Waals surface area contributed by atoms with Crippen LogP contribution in [0.4, 0.5) is 0 Å². The minimum absolute atomic E-state index is 0.0404. The monoisotopic (exact) mass is 351 g/mol. The van der Waals surface area contributed by atoms with E-state index in [1.165, 1.54) is 18.4 Å². The summed E-state index contributed by atoms with van der Waals surface area (Å²) in [6, 6.07) is 12.2. The first-order valence-corrected chi connectivity index (χ1v) is 9.51. The summed E-state index contributed by atoms with van der Waals surface area (Å²) in [6.45, 7) is 2.34. The molecule has 1 saturated carbocycles. The molecular formula is C21H25N3O2. The van der Waals surface area contributed by atoms with Crippen molar-refractivity contribution in [2.75, 3.05) is 19.7 Å². The molecule has 2 aliphatic rings. The van der Waals surface area contributed by atoms with Gasteiger partial charge in [-0.05, 0) is 43.2 Å². The molecule has 0 unspecified atom stereocenters. The van der Waals surface area contributed by atoms with E-state index in [0.717, 1.165) is 38.5 Å². The summed E-state index contributed by atoms with van der Waals surface area (Å²) in [5.74, 6) is 1.12. The molecule has 1 aromatic carbocycles. The third-order valence-corrected chi connectivity index (χ3v) is 5.37. The zero-order valence-electron chi connectivity index (χ0n) is 15.0. The van der Waals surface area contributed by atoms with Crippen LogP contribution in [0.25, 0.3) is 0 Å². The predicted molar refractivity (Wildman–Crippen MR) is 98.7 cm³/mol. The lowest BCUT2D eigenvalue weighted by molar-refractivity contribution is -0.0326. The molecule has 136 valence electrons. The molecule has 2 fully saturated rings. The first kappa shape index (κ1) is 17.2.